The molecule has 1 N–H and O–H groups in total. The van der Waals surface area contributed by atoms with Crippen LogP contribution in [-0.2, 0) is 17.8 Å². The van der Waals surface area contributed by atoms with E-state index >= 15 is 0 Å². The molecule has 4 aromatic rings. The Hall–Kier alpha value is -3.66. The SMILES string of the molecule is CC(Cc1ccc(OCc2ccccc2F)c(-c2ccc3ccccc3c2)c1)C(=O)O. The third-order valence-corrected chi connectivity index (χ3v) is 5.41. The van der Waals surface area contributed by atoms with Crippen molar-refractivity contribution in [3.8, 4) is 16.9 Å². The number of carboxylic acid groups (broad SMARTS) is 1. The Morgan fingerprint density at radius 3 is 2.45 bits per heavy atom. The Morgan fingerprint density at radius 2 is 1.68 bits per heavy atom. The highest BCUT2D eigenvalue weighted by Gasteiger charge is 2.15. The average molecular weight is 414 g/mol. The normalized spacial score (nSPS) is 11.9. The van der Waals surface area contributed by atoms with Crippen LogP contribution in [0, 0.1) is 11.7 Å². The summed E-state index contributed by atoms with van der Waals surface area (Å²) in [7, 11) is 0. The summed E-state index contributed by atoms with van der Waals surface area (Å²) in [5.41, 5.74) is 3.22. The summed E-state index contributed by atoms with van der Waals surface area (Å²) >= 11 is 0. The van der Waals surface area contributed by atoms with Gasteiger partial charge in [0.25, 0.3) is 0 Å². The highest BCUT2D eigenvalue weighted by atomic mass is 19.1. The van der Waals surface area contributed by atoms with Gasteiger partial charge < -0.3 is 9.84 Å². The molecule has 0 saturated heterocycles. The Labute approximate surface area is 180 Å². The van der Waals surface area contributed by atoms with Crippen molar-refractivity contribution in [2.45, 2.75) is 20.0 Å². The van der Waals surface area contributed by atoms with E-state index in [0.717, 1.165) is 27.5 Å². The standard InChI is InChI=1S/C27H23FO3/c1-18(27(29)30)14-19-10-13-26(31-17-23-8-4-5-9-25(23)28)24(15-19)22-12-11-20-6-2-3-7-21(20)16-22/h2-13,15-16,18H,14,17H2,1H3,(H,29,30). The van der Waals surface area contributed by atoms with Crippen LogP contribution < -0.4 is 4.74 Å². The third-order valence-electron chi connectivity index (χ3n) is 5.41. The van der Waals surface area contributed by atoms with Gasteiger partial charge in [0.05, 0.1) is 5.92 Å². The number of carboxylic acids is 1. The van der Waals surface area contributed by atoms with E-state index in [-0.39, 0.29) is 12.4 Å². The fraction of sp³-hybridized carbons (Fsp3) is 0.148. The van der Waals surface area contributed by atoms with Gasteiger partial charge in [-0.3, -0.25) is 4.79 Å². The first-order chi connectivity index (χ1) is 15.0. The second-order valence-electron chi connectivity index (χ2n) is 7.72. The number of hydrogen-bond acceptors (Lipinski definition) is 2. The molecule has 0 aliphatic rings. The molecule has 0 spiro atoms. The van der Waals surface area contributed by atoms with Gasteiger partial charge in [-0.25, -0.2) is 4.39 Å². The predicted octanol–water partition coefficient (Wildman–Crippen LogP) is 6.49. The molecule has 156 valence electrons. The van der Waals surface area contributed by atoms with Crippen molar-refractivity contribution in [1.29, 1.82) is 0 Å². The maximum absolute atomic E-state index is 14.0. The van der Waals surface area contributed by atoms with Crippen LogP contribution in [0.2, 0.25) is 0 Å². The second-order valence-corrected chi connectivity index (χ2v) is 7.72. The number of fused-ring (bicyclic) bond motifs is 1. The lowest BCUT2D eigenvalue weighted by Gasteiger charge is -2.15. The Balaban J connectivity index is 1.72. The third kappa shape index (κ3) is 4.75. The van der Waals surface area contributed by atoms with Crippen molar-refractivity contribution >= 4 is 16.7 Å². The summed E-state index contributed by atoms with van der Waals surface area (Å²) in [6.07, 6.45) is 0.420. The topological polar surface area (TPSA) is 46.5 Å². The molecule has 4 rings (SSSR count). The molecule has 0 heterocycles. The molecule has 0 radical (unpaired) electrons. The number of halogens is 1. The first-order valence-corrected chi connectivity index (χ1v) is 10.2. The molecule has 1 atom stereocenters. The van der Waals surface area contributed by atoms with Crippen LogP contribution in [0.3, 0.4) is 0 Å². The summed E-state index contributed by atoms with van der Waals surface area (Å²) in [6, 6.07) is 26.5. The number of benzene rings is 4. The molecular weight excluding hydrogens is 391 g/mol. The van der Waals surface area contributed by atoms with Crippen molar-refractivity contribution < 1.29 is 19.0 Å². The van der Waals surface area contributed by atoms with E-state index in [0.29, 0.717) is 17.7 Å². The van der Waals surface area contributed by atoms with Crippen LogP contribution in [-0.4, -0.2) is 11.1 Å². The maximum atomic E-state index is 14.0. The molecule has 3 nitrogen and oxygen atoms in total. The average Bonchev–Trinajstić information content (AvgIpc) is 2.78. The zero-order chi connectivity index (χ0) is 21.8. The number of aliphatic carboxylic acids is 1. The molecule has 0 amide bonds. The summed E-state index contributed by atoms with van der Waals surface area (Å²) in [5, 5.41) is 11.5. The van der Waals surface area contributed by atoms with Gasteiger partial charge in [0, 0.05) is 11.1 Å². The van der Waals surface area contributed by atoms with Gasteiger partial charge in [0.1, 0.15) is 18.2 Å². The molecular formula is C27H23FO3. The molecule has 1 unspecified atom stereocenters. The van der Waals surface area contributed by atoms with Crippen molar-refractivity contribution in [3.05, 3.63) is 102 Å². The number of rotatable bonds is 7. The van der Waals surface area contributed by atoms with Gasteiger partial charge >= 0.3 is 5.97 Å². The largest absolute Gasteiger partial charge is 0.488 e. The van der Waals surface area contributed by atoms with E-state index in [1.165, 1.54) is 6.07 Å². The zero-order valence-corrected chi connectivity index (χ0v) is 17.2. The second kappa shape index (κ2) is 9.00. The van der Waals surface area contributed by atoms with Crippen LogP contribution in [0.5, 0.6) is 5.75 Å². The van der Waals surface area contributed by atoms with Gasteiger partial charge in [-0.2, -0.15) is 0 Å². The lowest BCUT2D eigenvalue weighted by molar-refractivity contribution is -0.141. The molecule has 0 aromatic heterocycles. The fourth-order valence-corrected chi connectivity index (χ4v) is 3.62. The minimum absolute atomic E-state index is 0.109. The quantitative estimate of drug-likeness (QED) is 0.376. The van der Waals surface area contributed by atoms with Gasteiger partial charge in [-0.05, 0) is 52.6 Å². The van der Waals surface area contributed by atoms with E-state index in [9.17, 15) is 14.3 Å². The molecule has 31 heavy (non-hydrogen) atoms. The van der Waals surface area contributed by atoms with E-state index in [2.05, 4.69) is 24.3 Å². The van der Waals surface area contributed by atoms with Gasteiger partial charge in [-0.1, -0.05) is 67.6 Å². The molecule has 0 bridgehead atoms. The Bertz CT molecular complexity index is 1230. The minimum Gasteiger partial charge on any atom is -0.488 e. The Morgan fingerprint density at radius 1 is 0.935 bits per heavy atom. The summed E-state index contributed by atoms with van der Waals surface area (Å²) in [6.45, 7) is 1.80. The van der Waals surface area contributed by atoms with Crippen molar-refractivity contribution in [2.24, 2.45) is 5.92 Å². The minimum atomic E-state index is -0.827. The first-order valence-electron chi connectivity index (χ1n) is 10.2. The zero-order valence-electron chi connectivity index (χ0n) is 17.2. The van der Waals surface area contributed by atoms with Gasteiger partial charge in [-0.15, -0.1) is 0 Å². The van der Waals surface area contributed by atoms with Gasteiger partial charge in [0.2, 0.25) is 0 Å². The number of ether oxygens (including phenoxy) is 1. The molecule has 0 aliphatic carbocycles. The smallest absolute Gasteiger partial charge is 0.306 e. The lowest BCUT2D eigenvalue weighted by Crippen LogP contribution is -2.12. The van der Waals surface area contributed by atoms with E-state index in [1.807, 2.05) is 36.4 Å². The van der Waals surface area contributed by atoms with Crippen LogP contribution in [0.4, 0.5) is 4.39 Å². The van der Waals surface area contributed by atoms with Gasteiger partial charge in [0.15, 0.2) is 0 Å². The Kier molecular flexibility index (Phi) is 5.99. The summed E-state index contributed by atoms with van der Waals surface area (Å²) in [5.74, 6) is -0.992. The highest BCUT2D eigenvalue weighted by molar-refractivity contribution is 5.88. The van der Waals surface area contributed by atoms with Crippen LogP contribution in [0.25, 0.3) is 21.9 Å². The van der Waals surface area contributed by atoms with Crippen molar-refractivity contribution in [2.75, 3.05) is 0 Å². The molecule has 0 saturated carbocycles. The molecule has 0 fully saturated rings. The molecule has 0 aliphatic heterocycles. The van der Waals surface area contributed by atoms with Crippen LogP contribution in [0.1, 0.15) is 18.1 Å². The monoisotopic (exact) mass is 414 g/mol. The molecule has 4 aromatic carbocycles. The van der Waals surface area contributed by atoms with Crippen molar-refractivity contribution in [3.63, 3.8) is 0 Å². The number of hydrogen-bond donors (Lipinski definition) is 1. The van der Waals surface area contributed by atoms with E-state index in [1.54, 1.807) is 25.1 Å². The first kappa shape index (κ1) is 20.6. The molecule has 4 heteroatoms. The lowest BCUT2D eigenvalue weighted by atomic mass is 9.95. The highest BCUT2D eigenvalue weighted by Crippen LogP contribution is 2.34. The van der Waals surface area contributed by atoms with Crippen LogP contribution in [0.15, 0.2) is 84.9 Å². The summed E-state index contributed by atoms with van der Waals surface area (Å²) in [4.78, 5) is 11.3. The van der Waals surface area contributed by atoms with E-state index in [4.69, 9.17) is 4.74 Å². The van der Waals surface area contributed by atoms with Crippen molar-refractivity contribution in [1.82, 2.24) is 0 Å². The van der Waals surface area contributed by atoms with Crippen LogP contribution >= 0.6 is 0 Å². The number of carbonyl (C=O) groups is 1. The predicted molar refractivity (Wildman–Crippen MR) is 121 cm³/mol. The van der Waals surface area contributed by atoms with E-state index < -0.39 is 11.9 Å². The maximum Gasteiger partial charge on any atom is 0.306 e. The fourth-order valence-electron chi connectivity index (χ4n) is 3.62. The summed E-state index contributed by atoms with van der Waals surface area (Å²) < 4.78 is 20.1.